The second-order valence-electron chi connectivity index (χ2n) is 6.68. The number of amides is 1. The van der Waals surface area contributed by atoms with Crippen LogP contribution in [0.1, 0.15) is 49.2 Å². The molecule has 1 heterocycles. The Kier molecular flexibility index (Phi) is 5.51. The summed E-state index contributed by atoms with van der Waals surface area (Å²) in [6.07, 6.45) is 3.65. The van der Waals surface area contributed by atoms with E-state index in [2.05, 4.69) is 24.1 Å². The Hall–Kier alpha value is -1.88. The molecule has 0 bridgehead atoms. The zero-order valence-corrected chi connectivity index (χ0v) is 15.0. The lowest BCUT2D eigenvalue weighted by molar-refractivity contribution is 0.0880. The zero-order valence-electron chi connectivity index (χ0n) is 14.2. The van der Waals surface area contributed by atoms with Crippen LogP contribution in [0.2, 0.25) is 0 Å². The van der Waals surface area contributed by atoms with E-state index in [0.717, 1.165) is 11.4 Å². The van der Waals surface area contributed by atoms with Crippen molar-refractivity contribution in [2.24, 2.45) is 11.8 Å². The minimum absolute atomic E-state index is 0.00616. The van der Waals surface area contributed by atoms with Crippen molar-refractivity contribution in [1.82, 2.24) is 10.3 Å². The first kappa shape index (κ1) is 17.0. The molecule has 1 aromatic carbocycles. The lowest BCUT2D eigenvalue weighted by atomic mass is 9.78. The van der Waals surface area contributed by atoms with E-state index in [9.17, 15) is 4.79 Å². The molecule has 1 aliphatic rings. The highest BCUT2D eigenvalue weighted by Crippen LogP contribution is 2.29. The molecule has 1 amide bonds. The second-order valence-corrected chi connectivity index (χ2v) is 7.40. The van der Waals surface area contributed by atoms with Crippen LogP contribution < -0.4 is 10.1 Å². The number of nitrogens with zero attached hydrogens (tertiary/aromatic N) is 1. The number of hydrogen-bond acceptors (Lipinski definition) is 4. The number of ether oxygens (including phenoxy) is 1. The Labute approximate surface area is 147 Å². The Balaban J connectivity index is 1.57. The number of nitrogens with one attached hydrogen (secondary N) is 1. The highest BCUT2D eigenvalue weighted by Gasteiger charge is 2.29. The van der Waals surface area contributed by atoms with Gasteiger partial charge in [-0.25, -0.2) is 4.98 Å². The third-order valence-corrected chi connectivity index (χ3v) is 5.46. The molecule has 1 saturated carbocycles. The van der Waals surface area contributed by atoms with Crippen LogP contribution in [-0.2, 0) is 6.61 Å². The van der Waals surface area contributed by atoms with Gasteiger partial charge in [0, 0.05) is 17.0 Å². The summed E-state index contributed by atoms with van der Waals surface area (Å²) in [6.45, 7) is 4.91. The Morgan fingerprint density at radius 2 is 1.96 bits per heavy atom. The molecule has 3 rings (SSSR count). The molecule has 1 N–H and O–H groups in total. The first-order valence-electron chi connectivity index (χ1n) is 8.54. The zero-order chi connectivity index (χ0) is 16.9. The van der Waals surface area contributed by atoms with Gasteiger partial charge in [-0.2, -0.15) is 0 Å². The molecule has 1 aromatic heterocycles. The lowest BCUT2D eigenvalue weighted by Crippen LogP contribution is -2.45. The van der Waals surface area contributed by atoms with Crippen LogP contribution in [0, 0.1) is 11.8 Å². The van der Waals surface area contributed by atoms with Crippen LogP contribution in [0.3, 0.4) is 0 Å². The van der Waals surface area contributed by atoms with Gasteiger partial charge in [0.1, 0.15) is 12.4 Å². The number of thiazole rings is 1. The van der Waals surface area contributed by atoms with Crippen LogP contribution in [0.5, 0.6) is 5.75 Å². The molecular formula is C19H24N2O2S. The van der Waals surface area contributed by atoms with Gasteiger partial charge in [0.05, 0.1) is 11.2 Å². The van der Waals surface area contributed by atoms with Gasteiger partial charge in [0.2, 0.25) is 0 Å². The Morgan fingerprint density at radius 3 is 2.58 bits per heavy atom. The topological polar surface area (TPSA) is 51.2 Å². The smallest absolute Gasteiger partial charge is 0.251 e. The van der Waals surface area contributed by atoms with Gasteiger partial charge in [-0.1, -0.05) is 20.3 Å². The van der Waals surface area contributed by atoms with E-state index < -0.39 is 0 Å². The van der Waals surface area contributed by atoms with Crippen molar-refractivity contribution in [3.63, 3.8) is 0 Å². The number of rotatable bonds is 5. The fraction of sp³-hybridized carbons (Fsp3) is 0.474. The van der Waals surface area contributed by atoms with Crippen LogP contribution in [0.15, 0.2) is 35.2 Å². The standard InChI is InChI=1S/C19H24N2O2S/c1-13-4-3-5-14(2)18(13)21-19(22)15-6-8-17(9-7-15)23-10-16-11-24-12-20-16/h6-9,11-14,18H,3-5,10H2,1-2H3,(H,21,22). The number of aromatic nitrogens is 1. The third kappa shape index (κ3) is 4.15. The van der Waals surface area contributed by atoms with E-state index in [1.165, 1.54) is 19.3 Å². The monoisotopic (exact) mass is 344 g/mol. The normalized spacial score (nSPS) is 23.7. The van der Waals surface area contributed by atoms with Gasteiger partial charge in [-0.3, -0.25) is 4.79 Å². The molecule has 1 aliphatic carbocycles. The number of hydrogen-bond donors (Lipinski definition) is 1. The van der Waals surface area contributed by atoms with Crippen molar-refractivity contribution in [3.05, 3.63) is 46.4 Å². The van der Waals surface area contributed by atoms with Crippen molar-refractivity contribution in [3.8, 4) is 5.75 Å². The molecule has 2 aromatic rings. The summed E-state index contributed by atoms with van der Waals surface area (Å²) in [4.78, 5) is 16.7. The minimum atomic E-state index is 0.00616. The summed E-state index contributed by atoms with van der Waals surface area (Å²) in [7, 11) is 0. The molecular weight excluding hydrogens is 320 g/mol. The molecule has 5 heteroatoms. The summed E-state index contributed by atoms with van der Waals surface area (Å²) < 4.78 is 5.68. The molecule has 128 valence electrons. The summed E-state index contributed by atoms with van der Waals surface area (Å²) in [5, 5.41) is 5.19. The second kappa shape index (κ2) is 7.79. The van der Waals surface area contributed by atoms with E-state index in [1.54, 1.807) is 16.8 Å². The van der Waals surface area contributed by atoms with Gasteiger partial charge >= 0.3 is 0 Å². The van der Waals surface area contributed by atoms with Crippen molar-refractivity contribution in [1.29, 1.82) is 0 Å². The van der Waals surface area contributed by atoms with Crippen molar-refractivity contribution in [2.75, 3.05) is 0 Å². The van der Waals surface area contributed by atoms with Gasteiger partial charge in [0.15, 0.2) is 0 Å². The maximum absolute atomic E-state index is 12.5. The highest BCUT2D eigenvalue weighted by molar-refractivity contribution is 7.07. The molecule has 0 aliphatic heterocycles. The predicted octanol–water partition coefficient (Wildman–Crippen LogP) is 4.28. The molecule has 2 unspecified atom stereocenters. The summed E-state index contributed by atoms with van der Waals surface area (Å²) in [6, 6.07) is 7.60. The van der Waals surface area contributed by atoms with Gasteiger partial charge in [0.25, 0.3) is 5.91 Å². The minimum Gasteiger partial charge on any atom is -0.487 e. The molecule has 0 saturated heterocycles. The van der Waals surface area contributed by atoms with Crippen LogP contribution in [0.4, 0.5) is 0 Å². The fourth-order valence-corrected chi connectivity index (χ4v) is 3.91. The Bertz CT molecular complexity index is 645. The van der Waals surface area contributed by atoms with Crippen LogP contribution >= 0.6 is 11.3 Å². The maximum Gasteiger partial charge on any atom is 0.251 e. The molecule has 1 fully saturated rings. The summed E-state index contributed by atoms with van der Waals surface area (Å²) >= 11 is 1.55. The van der Waals surface area contributed by atoms with E-state index in [4.69, 9.17) is 4.74 Å². The average Bonchev–Trinajstić information content (AvgIpc) is 3.10. The molecule has 0 radical (unpaired) electrons. The molecule has 4 nitrogen and oxygen atoms in total. The average molecular weight is 344 g/mol. The fourth-order valence-electron chi connectivity index (χ4n) is 3.37. The maximum atomic E-state index is 12.5. The Morgan fingerprint density at radius 1 is 1.25 bits per heavy atom. The van der Waals surface area contributed by atoms with E-state index >= 15 is 0 Å². The van der Waals surface area contributed by atoms with Crippen molar-refractivity contribution in [2.45, 2.75) is 45.8 Å². The van der Waals surface area contributed by atoms with Crippen LogP contribution in [0.25, 0.3) is 0 Å². The summed E-state index contributed by atoms with van der Waals surface area (Å²) in [5.41, 5.74) is 3.39. The first-order chi connectivity index (χ1) is 11.6. The summed E-state index contributed by atoms with van der Waals surface area (Å²) in [5.74, 6) is 1.84. The van der Waals surface area contributed by atoms with E-state index in [1.807, 2.05) is 29.6 Å². The van der Waals surface area contributed by atoms with Gasteiger partial charge in [-0.05, 0) is 48.9 Å². The largest absolute Gasteiger partial charge is 0.487 e. The first-order valence-corrected chi connectivity index (χ1v) is 9.48. The number of carbonyl (C=O) groups is 1. The third-order valence-electron chi connectivity index (χ3n) is 4.83. The van der Waals surface area contributed by atoms with E-state index in [0.29, 0.717) is 24.0 Å². The number of benzene rings is 1. The van der Waals surface area contributed by atoms with Gasteiger partial charge < -0.3 is 10.1 Å². The highest BCUT2D eigenvalue weighted by atomic mass is 32.1. The quantitative estimate of drug-likeness (QED) is 0.881. The van der Waals surface area contributed by atoms with Gasteiger partial charge in [-0.15, -0.1) is 11.3 Å². The SMILES string of the molecule is CC1CCCC(C)C1NC(=O)c1ccc(OCc2cscn2)cc1. The van der Waals surface area contributed by atoms with Crippen molar-refractivity contribution >= 4 is 17.2 Å². The molecule has 2 atom stereocenters. The lowest BCUT2D eigenvalue weighted by Gasteiger charge is -2.35. The van der Waals surface area contributed by atoms with E-state index in [-0.39, 0.29) is 11.9 Å². The predicted molar refractivity (Wildman–Crippen MR) is 96.3 cm³/mol. The molecule has 0 spiro atoms. The van der Waals surface area contributed by atoms with Crippen LogP contribution in [-0.4, -0.2) is 16.9 Å². The molecule has 24 heavy (non-hydrogen) atoms. The number of carbonyl (C=O) groups excluding carboxylic acids is 1. The van der Waals surface area contributed by atoms with Crippen molar-refractivity contribution < 1.29 is 9.53 Å².